The fourth-order valence-corrected chi connectivity index (χ4v) is 3.13. The summed E-state index contributed by atoms with van der Waals surface area (Å²) in [5, 5.41) is 4.47. The van der Waals surface area contributed by atoms with Crippen molar-refractivity contribution in [3.8, 4) is 0 Å². The maximum absolute atomic E-state index is 6.08. The van der Waals surface area contributed by atoms with E-state index in [1.807, 2.05) is 17.1 Å². The number of hydrogen-bond acceptors (Lipinski definition) is 5. The molecule has 3 rings (SSSR count). The fourth-order valence-electron chi connectivity index (χ4n) is 3.13. The van der Waals surface area contributed by atoms with E-state index in [9.17, 15) is 0 Å². The molecular weight excluding hydrogens is 305 g/mol. The minimum absolute atomic E-state index is 0.313. The van der Waals surface area contributed by atoms with Gasteiger partial charge >= 0.3 is 7.12 Å². The van der Waals surface area contributed by atoms with Crippen LogP contribution in [0.5, 0.6) is 0 Å². The van der Waals surface area contributed by atoms with Gasteiger partial charge in [-0.25, -0.2) is 0 Å². The molecule has 0 bridgehead atoms. The Morgan fingerprint density at radius 1 is 1.21 bits per heavy atom. The summed E-state index contributed by atoms with van der Waals surface area (Å²) in [6.45, 7) is 15.2. The molecule has 24 heavy (non-hydrogen) atoms. The van der Waals surface area contributed by atoms with Crippen molar-refractivity contribution in [3.63, 3.8) is 0 Å². The Balaban J connectivity index is 1.51. The van der Waals surface area contributed by atoms with Crippen molar-refractivity contribution in [2.24, 2.45) is 0 Å². The van der Waals surface area contributed by atoms with E-state index in [4.69, 9.17) is 14.0 Å². The van der Waals surface area contributed by atoms with Gasteiger partial charge in [0.1, 0.15) is 0 Å². The van der Waals surface area contributed by atoms with Gasteiger partial charge in [-0.3, -0.25) is 9.58 Å². The molecule has 0 saturated carbocycles. The molecule has 0 aliphatic carbocycles. The van der Waals surface area contributed by atoms with E-state index in [1.54, 1.807) is 0 Å². The first-order valence-electron chi connectivity index (χ1n) is 8.98. The summed E-state index contributed by atoms with van der Waals surface area (Å²) >= 11 is 0. The minimum atomic E-state index is -0.331. The van der Waals surface area contributed by atoms with Crippen molar-refractivity contribution in [3.05, 3.63) is 12.4 Å². The van der Waals surface area contributed by atoms with Crippen LogP contribution in [0, 0.1) is 0 Å². The SMILES string of the molecule is CC1COCCN1CCCn1cc(B2OC(C)(C)C(C)(C)O2)cn1. The van der Waals surface area contributed by atoms with Crippen LogP contribution in [0.15, 0.2) is 12.4 Å². The summed E-state index contributed by atoms with van der Waals surface area (Å²) in [6.07, 6.45) is 4.99. The molecule has 2 saturated heterocycles. The first-order valence-corrected chi connectivity index (χ1v) is 8.98. The minimum Gasteiger partial charge on any atom is -0.399 e. The molecule has 3 heterocycles. The molecule has 6 nitrogen and oxygen atoms in total. The van der Waals surface area contributed by atoms with E-state index in [2.05, 4.69) is 44.6 Å². The number of hydrogen-bond donors (Lipinski definition) is 0. The first-order chi connectivity index (χ1) is 11.3. The molecule has 0 amide bonds. The van der Waals surface area contributed by atoms with E-state index in [0.717, 1.165) is 44.7 Å². The predicted octanol–water partition coefficient (Wildman–Crippen LogP) is 1.29. The zero-order valence-electron chi connectivity index (χ0n) is 15.6. The van der Waals surface area contributed by atoms with Crippen molar-refractivity contribution in [1.29, 1.82) is 0 Å². The van der Waals surface area contributed by atoms with Crippen LogP contribution in [0.3, 0.4) is 0 Å². The van der Waals surface area contributed by atoms with Gasteiger partial charge in [0.25, 0.3) is 0 Å². The van der Waals surface area contributed by atoms with Crippen molar-refractivity contribution >= 4 is 12.6 Å². The van der Waals surface area contributed by atoms with Gasteiger partial charge in [-0.15, -0.1) is 0 Å². The van der Waals surface area contributed by atoms with Gasteiger partial charge in [-0.05, 0) is 41.0 Å². The van der Waals surface area contributed by atoms with Crippen molar-refractivity contribution in [2.75, 3.05) is 26.3 Å². The van der Waals surface area contributed by atoms with Gasteiger partial charge in [0.2, 0.25) is 0 Å². The van der Waals surface area contributed by atoms with E-state index in [-0.39, 0.29) is 18.3 Å². The van der Waals surface area contributed by atoms with Crippen LogP contribution in [0.4, 0.5) is 0 Å². The maximum atomic E-state index is 6.08. The summed E-state index contributed by atoms with van der Waals surface area (Å²) in [5.41, 5.74) is 0.367. The molecule has 2 aliphatic heterocycles. The van der Waals surface area contributed by atoms with Crippen molar-refractivity contribution in [1.82, 2.24) is 14.7 Å². The average molecular weight is 335 g/mol. The third-order valence-electron chi connectivity index (χ3n) is 5.52. The molecule has 134 valence electrons. The van der Waals surface area contributed by atoms with E-state index in [1.165, 1.54) is 0 Å². The lowest BCUT2D eigenvalue weighted by atomic mass is 9.82. The zero-order chi connectivity index (χ0) is 17.4. The van der Waals surface area contributed by atoms with Gasteiger partial charge in [0, 0.05) is 43.5 Å². The summed E-state index contributed by atoms with van der Waals surface area (Å²) in [7, 11) is -0.331. The van der Waals surface area contributed by atoms with Gasteiger partial charge in [-0.1, -0.05) is 0 Å². The number of ether oxygens (including phenoxy) is 1. The summed E-state index contributed by atoms with van der Waals surface area (Å²) in [6, 6.07) is 0.511. The monoisotopic (exact) mass is 335 g/mol. The standard InChI is InChI=1S/C17H30BN3O3/c1-14-13-22-10-9-20(14)7-6-8-21-12-15(11-19-21)18-23-16(2,3)17(4,5)24-18/h11-12,14H,6-10,13H2,1-5H3. The smallest absolute Gasteiger partial charge is 0.399 e. The van der Waals surface area contributed by atoms with Crippen LogP contribution < -0.4 is 5.46 Å². The number of nitrogens with zero attached hydrogens (tertiary/aromatic N) is 3. The van der Waals surface area contributed by atoms with Crippen molar-refractivity contribution in [2.45, 2.75) is 64.8 Å². The Hall–Kier alpha value is -0.885. The fraction of sp³-hybridized carbons (Fsp3) is 0.824. The molecular formula is C17H30BN3O3. The highest BCUT2D eigenvalue weighted by molar-refractivity contribution is 6.61. The van der Waals surface area contributed by atoms with Crippen LogP contribution in [0.1, 0.15) is 41.0 Å². The van der Waals surface area contributed by atoms with Gasteiger partial charge in [0.15, 0.2) is 0 Å². The summed E-state index contributed by atoms with van der Waals surface area (Å²) in [5.74, 6) is 0. The maximum Gasteiger partial charge on any atom is 0.498 e. The van der Waals surface area contributed by atoms with Crippen LogP contribution in [-0.2, 0) is 20.6 Å². The van der Waals surface area contributed by atoms with Crippen molar-refractivity contribution < 1.29 is 14.0 Å². The lowest BCUT2D eigenvalue weighted by Gasteiger charge is -2.33. The van der Waals surface area contributed by atoms with E-state index >= 15 is 0 Å². The number of aryl methyl sites for hydroxylation is 1. The molecule has 0 radical (unpaired) electrons. The van der Waals surface area contributed by atoms with Crippen LogP contribution >= 0.6 is 0 Å². The Kier molecular flexibility index (Phi) is 5.07. The third-order valence-corrected chi connectivity index (χ3v) is 5.52. The molecule has 0 aromatic carbocycles. The Labute approximate surface area is 145 Å². The first kappa shape index (κ1) is 17.9. The lowest BCUT2D eigenvalue weighted by molar-refractivity contribution is -0.00119. The molecule has 1 unspecified atom stereocenters. The second-order valence-corrected chi connectivity index (χ2v) is 7.94. The quantitative estimate of drug-likeness (QED) is 0.759. The number of aromatic nitrogens is 2. The highest BCUT2D eigenvalue weighted by Gasteiger charge is 2.52. The normalized spacial score (nSPS) is 26.9. The number of rotatable bonds is 5. The summed E-state index contributed by atoms with van der Waals surface area (Å²) < 4.78 is 19.6. The predicted molar refractivity (Wildman–Crippen MR) is 94.4 cm³/mol. The van der Waals surface area contributed by atoms with Gasteiger partial charge in [-0.2, -0.15) is 5.10 Å². The summed E-state index contributed by atoms with van der Waals surface area (Å²) in [4.78, 5) is 2.49. The molecule has 0 spiro atoms. The average Bonchev–Trinajstić information content (AvgIpc) is 3.04. The van der Waals surface area contributed by atoms with Crippen LogP contribution in [0.2, 0.25) is 0 Å². The molecule has 7 heteroatoms. The highest BCUT2D eigenvalue weighted by Crippen LogP contribution is 2.36. The second kappa shape index (κ2) is 6.79. The third kappa shape index (κ3) is 3.69. The Bertz CT molecular complexity index is 545. The van der Waals surface area contributed by atoms with Gasteiger partial charge < -0.3 is 14.0 Å². The molecule has 2 fully saturated rings. The zero-order valence-corrected chi connectivity index (χ0v) is 15.6. The van der Waals surface area contributed by atoms with Gasteiger partial charge in [0.05, 0.1) is 24.4 Å². The molecule has 1 atom stereocenters. The molecule has 0 N–H and O–H groups in total. The molecule has 1 aromatic rings. The lowest BCUT2D eigenvalue weighted by Crippen LogP contribution is -2.44. The second-order valence-electron chi connectivity index (χ2n) is 7.94. The topological polar surface area (TPSA) is 48.8 Å². The van der Waals surface area contributed by atoms with E-state index in [0.29, 0.717) is 6.04 Å². The van der Waals surface area contributed by atoms with Crippen LogP contribution in [-0.4, -0.2) is 65.3 Å². The van der Waals surface area contributed by atoms with E-state index < -0.39 is 0 Å². The largest absolute Gasteiger partial charge is 0.498 e. The molecule has 1 aromatic heterocycles. The Morgan fingerprint density at radius 3 is 2.58 bits per heavy atom. The highest BCUT2D eigenvalue weighted by atomic mass is 16.7. The number of morpholine rings is 1. The van der Waals surface area contributed by atoms with Crippen LogP contribution in [0.25, 0.3) is 0 Å². The Morgan fingerprint density at radius 2 is 1.92 bits per heavy atom. The molecule has 2 aliphatic rings.